The third-order valence-corrected chi connectivity index (χ3v) is 3.33. The molecular formula is C8H8ClN5OS. The van der Waals surface area contributed by atoms with E-state index in [4.69, 9.17) is 11.6 Å². The molecule has 0 saturated carbocycles. The second-order valence-corrected chi connectivity index (χ2v) is 4.82. The average molecular weight is 258 g/mol. The van der Waals surface area contributed by atoms with Crippen molar-refractivity contribution in [2.45, 2.75) is 13.0 Å². The fourth-order valence-electron chi connectivity index (χ4n) is 1.15. The van der Waals surface area contributed by atoms with Crippen LogP contribution in [0.25, 0.3) is 0 Å². The topological polar surface area (TPSA) is 83.6 Å². The van der Waals surface area contributed by atoms with Crippen molar-refractivity contribution in [1.29, 1.82) is 0 Å². The first-order valence-corrected chi connectivity index (χ1v) is 5.66. The molecule has 0 spiro atoms. The fourth-order valence-corrected chi connectivity index (χ4v) is 2.21. The van der Waals surface area contributed by atoms with E-state index in [0.29, 0.717) is 4.34 Å². The Kier molecular flexibility index (Phi) is 3.16. The Hall–Kier alpha value is -1.47. The van der Waals surface area contributed by atoms with Crippen LogP contribution in [0.3, 0.4) is 0 Å². The second-order valence-electron chi connectivity index (χ2n) is 3.07. The number of halogens is 1. The number of nitrogens with zero attached hydrogens (tertiary/aromatic N) is 3. The van der Waals surface area contributed by atoms with Crippen LogP contribution in [0.2, 0.25) is 4.34 Å². The molecule has 2 aromatic heterocycles. The molecule has 0 aliphatic carbocycles. The van der Waals surface area contributed by atoms with E-state index in [1.54, 1.807) is 6.07 Å². The van der Waals surface area contributed by atoms with E-state index in [-0.39, 0.29) is 17.8 Å². The maximum absolute atomic E-state index is 11.6. The molecule has 2 N–H and O–H groups in total. The monoisotopic (exact) mass is 257 g/mol. The minimum absolute atomic E-state index is 0.0227. The summed E-state index contributed by atoms with van der Waals surface area (Å²) in [6.07, 6.45) is 0. The molecule has 0 radical (unpaired) electrons. The van der Waals surface area contributed by atoms with Crippen LogP contribution in [-0.2, 0) is 0 Å². The second kappa shape index (κ2) is 4.58. The molecule has 0 saturated heterocycles. The van der Waals surface area contributed by atoms with Crippen molar-refractivity contribution in [2.75, 3.05) is 0 Å². The summed E-state index contributed by atoms with van der Waals surface area (Å²) in [5.41, 5.74) is 0. The molecule has 0 aliphatic rings. The number of nitrogens with one attached hydrogen (secondary N) is 2. The van der Waals surface area contributed by atoms with Gasteiger partial charge >= 0.3 is 0 Å². The highest BCUT2D eigenvalue weighted by molar-refractivity contribution is 7.16. The summed E-state index contributed by atoms with van der Waals surface area (Å²) >= 11 is 7.23. The van der Waals surface area contributed by atoms with Crippen LogP contribution in [0.1, 0.15) is 28.5 Å². The van der Waals surface area contributed by atoms with Crippen LogP contribution in [0.15, 0.2) is 12.1 Å². The Morgan fingerprint density at radius 3 is 3.00 bits per heavy atom. The van der Waals surface area contributed by atoms with Gasteiger partial charge in [0, 0.05) is 4.88 Å². The summed E-state index contributed by atoms with van der Waals surface area (Å²) in [7, 11) is 0. The summed E-state index contributed by atoms with van der Waals surface area (Å²) in [6, 6.07) is 3.52. The van der Waals surface area contributed by atoms with Gasteiger partial charge in [-0.1, -0.05) is 11.6 Å². The zero-order valence-corrected chi connectivity index (χ0v) is 9.84. The summed E-state index contributed by atoms with van der Waals surface area (Å²) in [6.45, 7) is 1.86. The van der Waals surface area contributed by atoms with Crippen molar-refractivity contribution in [3.05, 3.63) is 27.2 Å². The van der Waals surface area contributed by atoms with Crippen LogP contribution < -0.4 is 5.32 Å². The van der Waals surface area contributed by atoms with Gasteiger partial charge in [-0.2, -0.15) is 5.21 Å². The lowest BCUT2D eigenvalue weighted by Gasteiger charge is -2.09. The minimum atomic E-state index is -0.370. The maximum Gasteiger partial charge on any atom is 0.293 e. The molecule has 8 heteroatoms. The predicted molar refractivity (Wildman–Crippen MR) is 59.4 cm³/mol. The molecule has 16 heavy (non-hydrogen) atoms. The first-order chi connectivity index (χ1) is 7.66. The molecule has 84 valence electrons. The molecular weight excluding hydrogens is 250 g/mol. The number of carbonyl (C=O) groups is 1. The van der Waals surface area contributed by atoms with Crippen LogP contribution >= 0.6 is 22.9 Å². The van der Waals surface area contributed by atoms with Gasteiger partial charge in [0.15, 0.2) is 0 Å². The number of rotatable bonds is 3. The van der Waals surface area contributed by atoms with Crippen molar-refractivity contribution in [3.8, 4) is 0 Å². The van der Waals surface area contributed by atoms with Crippen molar-refractivity contribution in [1.82, 2.24) is 25.9 Å². The van der Waals surface area contributed by atoms with E-state index in [2.05, 4.69) is 25.9 Å². The smallest absolute Gasteiger partial charge is 0.293 e. The van der Waals surface area contributed by atoms with E-state index in [9.17, 15) is 4.79 Å². The first kappa shape index (κ1) is 11.0. The Labute approximate surface area is 100 Å². The molecule has 1 unspecified atom stereocenters. The number of H-pyrrole nitrogens is 1. The largest absolute Gasteiger partial charge is 0.342 e. The van der Waals surface area contributed by atoms with Gasteiger partial charge in [-0.05, 0) is 24.3 Å². The molecule has 2 heterocycles. The highest BCUT2D eigenvalue weighted by Crippen LogP contribution is 2.26. The van der Waals surface area contributed by atoms with Crippen molar-refractivity contribution in [3.63, 3.8) is 0 Å². The number of hydrogen-bond acceptors (Lipinski definition) is 5. The highest BCUT2D eigenvalue weighted by atomic mass is 35.5. The van der Waals surface area contributed by atoms with E-state index in [1.165, 1.54) is 11.3 Å². The van der Waals surface area contributed by atoms with E-state index < -0.39 is 0 Å². The molecule has 0 bridgehead atoms. The van der Waals surface area contributed by atoms with Gasteiger partial charge in [-0.25, -0.2) is 0 Å². The van der Waals surface area contributed by atoms with Gasteiger partial charge in [-0.3, -0.25) is 4.79 Å². The third kappa shape index (κ3) is 2.37. The molecule has 0 fully saturated rings. The van der Waals surface area contributed by atoms with Crippen LogP contribution in [0.4, 0.5) is 0 Å². The molecule has 6 nitrogen and oxygen atoms in total. The van der Waals surface area contributed by atoms with E-state index in [1.807, 2.05) is 13.0 Å². The standard InChI is InChI=1S/C8H8ClN5OS/c1-4(5-2-3-6(9)16-5)10-8(15)7-11-13-14-12-7/h2-4H,1H3,(H,10,15)(H,11,12,13,14). The van der Waals surface area contributed by atoms with E-state index >= 15 is 0 Å². The van der Waals surface area contributed by atoms with E-state index in [0.717, 1.165) is 4.88 Å². The number of aromatic amines is 1. The zero-order valence-electron chi connectivity index (χ0n) is 8.27. The quantitative estimate of drug-likeness (QED) is 0.871. The van der Waals surface area contributed by atoms with Gasteiger partial charge in [-0.15, -0.1) is 21.5 Å². The molecule has 2 rings (SSSR count). The number of thiophene rings is 1. The molecule has 1 amide bonds. The van der Waals surface area contributed by atoms with Gasteiger partial charge in [0.05, 0.1) is 10.4 Å². The zero-order chi connectivity index (χ0) is 11.5. The Balaban J connectivity index is 2.03. The van der Waals surface area contributed by atoms with Gasteiger partial charge in [0.2, 0.25) is 0 Å². The molecule has 0 aliphatic heterocycles. The van der Waals surface area contributed by atoms with Crippen LogP contribution in [0.5, 0.6) is 0 Å². The Bertz CT molecular complexity index is 482. The van der Waals surface area contributed by atoms with Crippen molar-refractivity contribution < 1.29 is 4.79 Å². The average Bonchev–Trinajstić information content (AvgIpc) is 2.87. The summed E-state index contributed by atoms with van der Waals surface area (Å²) in [5.74, 6) is -0.347. The van der Waals surface area contributed by atoms with Crippen LogP contribution in [-0.4, -0.2) is 26.5 Å². The predicted octanol–water partition coefficient (Wildman–Crippen LogP) is 1.41. The van der Waals surface area contributed by atoms with Crippen LogP contribution in [0, 0.1) is 0 Å². The van der Waals surface area contributed by atoms with Crippen molar-refractivity contribution in [2.24, 2.45) is 0 Å². The summed E-state index contributed by atoms with van der Waals surface area (Å²) in [4.78, 5) is 12.5. The minimum Gasteiger partial charge on any atom is -0.342 e. The molecule has 1 atom stereocenters. The normalized spacial score (nSPS) is 12.4. The fraction of sp³-hybridized carbons (Fsp3) is 0.250. The lowest BCUT2D eigenvalue weighted by Crippen LogP contribution is -2.27. The Morgan fingerprint density at radius 1 is 1.62 bits per heavy atom. The summed E-state index contributed by atoms with van der Waals surface area (Å²) in [5, 5.41) is 15.4. The number of amides is 1. The highest BCUT2D eigenvalue weighted by Gasteiger charge is 2.15. The number of carbonyl (C=O) groups excluding carboxylic acids is 1. The lowest BCUT2D eigenvalue weighted by molar-refractivity contribution is 0.0930. The first-order valence-electron chi connectivity index (χ1n) is 4.46. The SMILES string of the molecule is CC(NC(=O)c1nn[nH]n1)c1ccc(Cl)s1. The van der Waals surface area contributed by atoms with Gasteiger partial charge in [0.1, 0.15) is 0 Å². The number of hydrogen-bond donors (Lipinski definition) is 2. The van der Waals surface area contributed by atoms with Gasteiger partial charge in [0.25, 0.3) is 11.7 Å². The number of tetrazole rings is 1. The molecule has 2 aromatic rings. The Morgan fingerprint density at radius 2 is 2.44 bits per heavy atom. The van der Waals surface area contributed by atoms with Crippen molar-refractivity contribution >= 4 is 28.8 Å². The lowest BCUT2D eigenvalue weighted by atomic mass is 10.3. The van der Waals surface area contributed by atoms with Gasteiger partial charge < -0.3 is 5.32 Å². The number of aromatic nitrogens is 4. The summed E-state index contributed by atoms with van der Waals surface area (Å²) < 4.78 is 0.690. The molecule has 0 aromatic carbocycles. The maximum atomic E-state index is 11.6. The third-order valence-electron chi connectivity index (χ3n) is 1.92.